The van der Waals surface area contributed by atoms with Crippen molar-refractivity contribution in [2.75, 3.05) is 6.54 Å². The first kappa shape index (κ1) is 13.1. The summed E-state index contributed by atoms with van der Waals surface area (Å²) in [5, 5.41) is 3.09. The number of thioether (sulfide) groups is 1. The van der Waals surface area contributed by atoms with Gasteiger partial charge in [0.25, 0.3) is 0 Å². The quantitative estimate of drug-likeness (QED) is 0.500. The Hall–Kier alpha value is 0.0834. The molecule has 0 amide bonds. The fourth-order valence-electron chi connectivity index (χ4n) is 0.776. The molecule has 13 heavy (non-hydrogen) atoms. The second-order valence-electron chi connectivity index (χ2n) is 2.23. The van der Waals surface area contributed by atoms with Crippen molar-refractivity contribution in [2.45, 2.75) is 11.8 Å². The van der Waals surface area contributed by atoms with Crippen LogP contribution in [0.5, 0.6) is 0 Å². The van der Waals surface area contributed by atoms with Gasteiger partial charge in [-0.1, -0.05) is 42.2 Å². The zero-order valence-corrected chi connectivity index (χ0v) is 12.2. The first-order valence-electron chi connectivity index (χ1n) is 3.83. The van der Waals surface area contributed by atoms with Crippen LogP contribution in [-0.4, -0.2) is 10.9 Å². The average molecular weight is 263 g/mol. The van der Waals surface area contributed by atoms with Gasteiger partial charge in [-0.05, 0) is 19.1 Å². The summed E-state index contributed by atoms with van der Waals surface area (Å²) in [6, 6.07) is 10.1. The van der Waals surface area contributed by atoms with Gasteiger partial charge >= 0.3 is 0 Å². The van der Waals surface area contributed by atoms with Crippen LogP contribution in [0.25, 0.3) is 0 Å². The van der Waals surface area contributed by atoms with Gasteiger partial charge in [0.05, 0.1) is 0 Å². The predicted molar refractivity (Wildman–Crippen MR) is 58.6 cm³/mol. The summed E-state index contributed by atoms with van der Waals surface area (Å²) in [4.78, 5) is 1.18. The molecule has 0 aliphatic rings. The van der Waals surface area contributed by atoms with E-state index < -0.39 is 0 Å². The summed E-state index contributed by atoms with van der Waals surface area (Å²) < 4.78 is 0.837. The molecule has 0 aliphatic carbocycles. The largest absolute Gasteiger partial charge is 0.371 e. The van der Waals surface area contributed by atoms with Gasteiger partial charge in [-0.2, -0.15) is 0 Å². The van der Waals surface area contributed by atoms with Gasteiger partial charge in [-0.25, -0.2) is 0 Å². The summed E-state index contributed by atoms with van der Waals surface area (Å²) in [7, 11) is 0. The molecule has 0 aliphatic heterocycles. The summed E-state index contributed by atoms with van der Waals surface area (Å²) in [5.41, 5.74) is 0. The van der Waals surface area contributed by atoms with Crippen LogP contribution in [-0.2, 0) is 19.5 Å². The summed E-state index contributed by atoms with van der Waals surface area (Å²) in [6.45, 7) is 2.93. The average Bonchev–Trinajstić information content (AvgIpc) is 2.06. The minimum atomic E-state index is 0. The Balaban J connectivity index is 0.00000144. The zero-order valence-electron chi connectivity index (χ0n) is 7.62. The van der Waals surface area contributed by atoms with Crippen molar-refractivity contribution in [1.29, 1.82) is 0 Å². The summed E-state index contributed by atoms with van der Waals surface area (Å²) >= 11 is 6.68. The minimum Gasteiger partial charge on any atom is -0.371 e. The zero-order chi connectivity index (χ0) is 8.81. The Morgan fingerprint density at radius 2 is 2.00 bits per heavy atom. The van der Waals surface area contributed by atoms with Gasteiger partial charge in [0.2, 0.25) is 0 Å². The van der Waals surface area contributed by atoms with E-state index in [4.69, 9.17) is 12.2 Å². The van der Waals surface area contributed by atoms with Crippen molar-refractivity contribution in [3.05, 3.63) is 30.3 Å². The summed E-state index contributed by atoms with van der Waals surface area (Å²) in [5.74, 6) is 0. The van der Waals surface area contributed by atoms with Crippen molar-refractivity contribution in [1.82, 2.24) is 5.32 Å². The monoisotopic (exact) mass is 261 g/mol. The molecule has 66 valence electrons. The number of benzene rings is 1. The number of hydrogen-bond acceptors (Lipinski definition) is 2. The van der Waals surface area contributed by atoms with Crippen molar-refractivity contribution >= 4 is 28.3 Å². The molecule has 0 unspecified atom stereocenters. The third kappa shape index (κ3) is 5.40. The van der Waals surface area contributed by atoms with Gasteiger partial charge < -0.3 is 5.32 Å². The van der Waals surface area contributed by atoms with Crippen LogP contribution in [0.2, 0.25) is 0 Å². The van der Waals surface area contributed by atoms with Crippen molar-refractivity contribution in [3.63, 3.8) is 0 Å². The molecule has 0 atom stereocenters. The van der Waals surface area contributed by atoms with Crippen LogP contribution in [0.1, 0.15) is 6.92 Å². The normalized spacial score (nSPS) is 8.69. The second-order valence-corrected chi connectivity index (χ2v) is 3.98. The second kappa shape index (κ2) is 7.48. The Labute approximate surface area is 101 Å². The van der Waals surface area contributed by atoms with E-state index in [0.717, 1.165) is 10.9 Å². The van der Waals surface area contributed by atoms with E-state index >= 15 is 0 Å². The Kier molecular flexibility index (Phi) is 7.53. The fraction of sp³-hybridized carbons (Fsp3) is 0.222. The molecule has 1 aromatic carbocycles. The number of nitrogens with one attached hydrogen (secondary N) is 1. The van der Waals surface area contributed by atoms with Gasteiger partial charge in [-0.15, -0.1) is 0 Å². The SMILES string of the molecule is CCNC(=S)Sc1ccccc1.[Zn]. The molecule has 0 fully saturated rings. The maximum Gasteiger partial charge on any atom is 0.138 e. The Bertz CT molecular complexity index is 251. The van der Waals surface area contributed by atoms with Crippen LogP contribution < -0.4 is 5.32 Å². The van der Waals surface area contributed by atoms with Gasteiger partial charge in [0.15, 0.2) is 0 Å². The molecule has 0 saturated heterocycles. The summed E-state index contributed by atoms with van der Waals surface area (Å²) in [6.07, 6.45) is 0. The van der Waals surface area contributed by atoms with Crippen LogP contribution in [0.3, 0.4) is 0 Å². The van der Waals surface area contributed by atoms with Crippen molar-refractivity contribution < 1.29 is 19.5 Å². The smallest absolute Gasteiger partial charge is 0.138 e. The molecule has 4 heteroatoms. The Morgan fingerprint density at radius 3 is 2.54 bits per heavy atom. The van der Waals surface area contributed by atoms with Crippen LogP contribution in [0.15, 0.2) is 35.2 Å². The number of thiocarbonyl (C=S) groups is 1. The molecule has 0 spiro atoms. The van der Waals surface area contributed by atoms with E-state index in [9.17, 15) is 0 Å². The molecule has 0 radical (unpaired) electrons. The number of rotatable bonds is 2. The first-order valence-corrected chi connectivity index (χ1v) is 5.06. The van der Waals surface area contributed by atoms with Crippen molar-refractivity contribution in [3.8, 4) is 0 Å². The molecular weight excluding hydrogens is 252 g/mol. The number of hydrogen-bond donors (Lipinski definition) is 1. The molecule has 1 rings (SSSR count). The molecular formula is C9H11NS2Zn. The fourth-order valence-corrected chi connectivity index (χ4v) is 1.93. The third-order valence-corrected chi connectivity index (χ3v) is 2.51. The van der Waals surface area contributed by atoms with E-state index in [1.807, 2.05) is 37.3 Å². The Morgan fingerprint density at radius 1 is 1.38 bits per heavy atom. The molecule has 1 N–H and O–H groups in total. The molecule has 0 saturated carbocycles. The standard InChI is InChI=1S/C9H11NS2.Zn/c1-2-10-9(11)12-8-6-4-3-5-7-8;/h3-7H,2H2,1H3,(H,10,11);. The predicted octanol–water partition coefficient (Wildman–Crippen LogP) is 2.67. The van der Waals surface area contributed by atoms with Gasteiger partial charge in [0, 0.05) is 30.9 Å². The van der Waals surface area contributed by atoms with Gasteiger partial charge in [0.1, 0.15) is 4.32 Å². The van der Waals surface area contributed by atoms with Gasteiger partial charge in [-0.3, -0.25) is 0 Å². The van der Waals surface area contributed by atoms with E-state index in [2.05, 4.69) is 5.32 Å². The molecule has 0 aromatic heterocycles. The molecule has 0 bridgehead atoms. The third-order valence-electron chi connectivity index (χ3n) is 1.27. The van der Waals surface area contributed by atoms with Crippen molar-refractivity contribution in [2.24, 2.45) is 0 Å². The van der Waals surface area contributed by atoms with Crippen LogP contribution >= 0.6 is 24.0 Å². The topological polar surface area (TPSA) is 12.0 Å². The van der Waals surface area contributed by atoms with E-state index in [-0.39, 0.29) is 19.5 Å². The van der Waals surface area contributed by atoms with E-state index in [1.54, 1.807) is 11.8 Å². The molecule has 1 nitrogen and oxygen atoms in total. The van der Waals surface area contributed by atoms with Crippen LogP contribution in [0, 0.1) is 0 Å². The maximum atomic E-state index is 5.09. The first-order chi connectivity index (χ1) is 5.83. The van der Waals surface area contributed by atoms with E-state index in [1.165, 1.54) is 4.90 Å². The molecule has 1 aromatic rings. The van der Waals surface area contributed by atoms with Crippen LogP contribution in [0.4, 0.5) is 0 Å². The maximum absolute atomic E-state index is 5.09. The minimum absolute atomic E-state index is 0. The molecule has 0 heterocycles. The van der Waals surface area contributed by atoms with E-state index in [0.29, 0.717) is 0 Å².